The fraction of sp³-hybridized carbons (Fsp3) is 0.0455. The standard InChI is InChI=1S/C22H14FN3O2S/c1-13-6-7-16(9-18(13)23)25-11-15(10-24)21-26-19(12-29-21)17-8-14-4-2-3-5-20(14)28-22(17)27/h2-9,11-12,25H,1H3/b15-11-. The maximum absolute atomic E-state index is 13.7. The molecule has 0 aliphatic heterocycles. The highest BCUT2D eigenvalue weighted by molar-refractivity contribution is 7.11. The van der Waals surface area contributed by atoms with Gasteiger partial charge in [0.2, 0.25) is 0 Å². The van der Waals surface area contributed by atoms with Crippen molar-refractivity contribution in [3.63, 3.8) is 0 Å². The van der Waals surface area contributed by atoms with Crippen LogP contribution >= 0.6 is 11.3 Å². The van der Waals surface area contributed by atoms with Gasteiger partial charge in [-0.05, 0) is 36.8 Å². The molecule has 0 fully saturated rings. The van der Waals surface area contributed by atoms with Gasteiger partial charge in [0.05, 0.1) is 11.3 Å². The van der Waals surface area contributed by atoms with Gasteiger partial charge in [-0.15, -0.1) is 11.3 Å². The van der Waals surface area contributed by atoms with Crippen LogP contribution in [0.1, 0.15) is 10.6 Å². The minimum absolute atomic E-state index is 0.271. The second kappa shape index (κ2) is 7.70. The van der Waals surface area contributed by atoms with Crippen LogP contribution in [0.15, 0.2) is 69.3 Å². The summed E-state index contributed by atoms with van der Waals surface area (Å²) in [7, 11) is 0. The van der Waals surface area contributed by atoms with Gasteiger partial charge in [-0.2, -0.15) is 5.26 Å². The van der Waals surface area contributed by atoms with E-state index in [1.54, 1.807) is 42.6 Å². The molecule has 142 valence electrons. The van der Waals surface area contributed by atoms with E-state index in [2.05, 4.69) is 16.4 Å². The van der Waals surface area contributed by atoms with Crippen molar-refractivity contribution in [2.75, 3.05) is 5.32 Å². The Hall–Kier alpha value is -3.76. The van der Waals surface area contributed by atoms with Gasteiger partial charge in [-0.25, -0.2) is 14.2 Å². The number of rotatable bonds is 4. The SMILES string of the molecule is Cc1ccc(N/C=C(/C#N)c2nc(-c3cc4ccccc4oc3=O)cs2)cc1F. The zero-order valence-corrected chi connectivity index (χ0v) is 16.1. The molecular weight excluding hydrogens is 389 g/mol. The molecule has 7 heteroatoms. The first kappa shape index (κ1) is 18.6. The summed E-state index contributed by atoms with van der Waals surface area (Å²) in [5.41, 5.74) is 2.11. The summed E-state index contributed by atoms with van der Waals surface area (Å²) in [6.45, 7) is 1.68. The van der Waals surface area contributed by atoms with Crippen molar-refractivity contribution in [2.45, 2.75) is 6.92 Å². The minimum atomic E-state index is -0.490. The molecule has 0 saturated carbocycles. The van der Waals surface area contributed by atoms with Crippen LogP contribution in [0.4, 0.5) is 10.1 Å². The number of thiazole rings is 1. The summed E-state index contributed by atoms with van der Waals surface area (Å²) in [5.74, 6) is -0.332. The summed E-state index contributed by atoms with van der Waals surface area (Å²) in [5, 5.41) is 15.3. The normalized spacial score (nSPS) is 11.4. The molecule has 0 atom stereocenters. The van der Waals surface area contributed by atoms with Gasteiger partial charge in [0.1, 0.15) is 28.1 Å². The molecular formula is C22H14FN3O2S. The summed E-state index contributed by atoms with van der Waals surface area (Å²) in [6.07, 6.45) is 1.47. The molecule has 0 spiro atoms. The molecule has 0 radical (unpaired) electrons. The Morgan fingerprint density at radius 1 is 1.28 bits per heavy atom. The Balaban J connectivity index is 1.65. The summed E-state index contributed by atoms with van der Waals surface area (Å²) < 4.78 is 19.0. The average Bonchev–Trinajstić information content (AvgIpc) is 3.20. The lowest BCUT2D eigenvalue weighted by Gasteiger charge is -2.03. The summed E-state index contributed by atoms with van der Waals surface area (Å²) in [6, 6.07) is 15.7. The van der Waals surface area contributed by atoms with Crippen molar-refractivity contribution in [3.05, 3.63) is 86.9 Å². The van der Waals surface area contributed by atoms with Crippen LogP contribution < -0.4 is 10.9 Å². The molecule has 0 saturated heterocycles. The molecule has 0 bridgehead atoms. The van der Waals surface area contributed by atoms with Crippen LogP contribution in [-0.4, -0.2) is 4.98 Å². The van der Waals surface area contributed by atoms with Crippen molar-refractivity contribution >= 4 is 33.6 Å². The van der Waals surface area contributed by atoms with E-state index in [-0.39, 0.29) is 11.4 Å². The fourth-order valence-corrected chi connectivity index (χ4v) is 3.53. The molecule has 2 aromatic heterocycles. The molecule has 4 rings (SSSR count). The maximum Gasteiger partial charge on any atom is 0.345 e. The van der Waals surface area contributed by atoms with Crippen molar-refractivity contribution in [1.29, 1.82) is 5.26 Å². The Morgan fingerprint density at radius 2 is 2.10 bits per heavy atom. The van der Waals surface area contributed by atoms with E-state index in [1.807, 2.05) is 12.1 Å². The maximum atomic E-state index is 13.7. The Bertz CT molecular complexity index is 1350. The molecule has 29 heavy (non-hydrogen) atoms. The van der Waals surface area contributed by atoms with Gasteiger partial charge in [-0.3, -0.25) is 0 Å². The smallest absolute Gasteiger partial charge is 0.345 e. The zero-order chi connectivity index (χ0) is 20.4. The predicted octanol–water partition coefficient (Wildman–Crippen LogP) is 5.34. The molecule has 0 aliphatic rings. The number of para-hydroxylation sites is 1. The second-order valence-electron chi connectivity index (χ2n) is 6.30. The van der Waals surface area contributed by atoms with Gasteiger partial charge in [-0.1, -0.05) is 24.3 Å². The molecule has 2 heterocycles. The number of allylic oxidation sites excluding steroid dienone is 1. The van der Waals surface area contributed by atoms with Gasteiger partial charge in [0.25, 0.3) is 0 Å². The lowest BCUT2D eigenvalue weighted by Crippen LogP contribution is -2.02. The van der Waals surface area contributed by atoms with E-state index >= 15 is 0 Å². The van der Waals surface area contributed by atoms with Crippen LogP contribution in [0, 0.1) is 24.1 Å². The minimum Gasteiger partial charge on any atom is -0.422 e. The number of anilines is 1. The van der Waals surface area contributed by atoms with E-state index in [9.17, 15) is 14.4 Å². The lowest BCUT2D eigenvalue weighted by molar-refractivity contribution is 0.563. The van der Waals surface area contributed by atoms with Crippen molar-refractivity contribution < 1.29 is 8.81 Å². The highest BCUT2D eigenvalue weighted by Gasteiger charge is 2.13. The van der Waals surface area contributed by atoms with Crippen LogP contribution in [0.25, 0.3) is 27.8 Å². The number of fused-ring (bicyclic) bond motifs is 1. The van der Waals surface area contributed by atoms with Crippen molar-refractivity contribution in [3.8, 4) is 17.3 Å². The number of hydrogen-bond acceptors (Lipinski definition) is 6. The number of benzene rings is 2. The average molecular weight is 403 g/mol. The van der Waals surface area contributed by atoms with Crippen LogP contribution in [0.2, 0.25) is 0 Å². The third-order valence-corrected chi connectivity index (χ3v) is 5.20. The molecule has 5 nitrogen and oxygen atoms in total. The van der Waals surface area contributed by atoms with E-state index in [0.717, 1.165) is 5.39 Å². The molecule has 1 N–H and O–H groups in total. The molecule has 0 amide bonds. The molecule has 2 aromatic carbocycles. The first-order valence-corrected chi connectivity index (χ1v) is 9.55. The van der Waals surface area contributed by atoms with Gasteiger partial charge in [0, 0.05) is 22.7 Å². The Kier molecular flexibility index (Phi) is 4.94. The number of nitrogens with one attached hydrogen (secondary N) is 1. The highest BCUT2D eigenvalue weighted by atomic mass is 32.1. The van der Waals surface area contributed by atoms with E-state index in [1.165, 1.54) is 23.6 Å². The van der Waals surface area contributed by atoms with Crippen LogP contribution in [0.3, 0.4) is 0 Å². The van der Waals surface area contributed by atoms with E-state index in [4.69, 9.17) is 4.42 Å². The Morgan fingerprint density at radius 3 is 2.90 bits per heavy atom. The topological polar surface area (TPSA) is 78.9 Å². The van der Waals surface area contributed by atoms with Gasteiger partial charge in [0.15, 0.2) is 0 Å². The number of halogens is 1. The zero-order valence-electron chi connectivity index (χ0n) is 15.3. The fourth-order valence-electron chi connectivity index (χ4n) is 2.74. The van der Waals surface area contributed by atoms with Crippen LogP contribution in [-0.2, 0) is 0 Å². The number of aryl methyl sites for hydroxylation is 1. The molecule has 0 aliphatic carbocycles. The monoisotopic (exact) mass is 403 g/mol. The summed E-state index contributed by atoms with van der Waals surface area (Å²) >= 11 is 1.24. The van der Waals surface area contributed by atoms with Crippen molar-refractivity contribution in [2.24, 2.45) is 0 Å². The first-order chi connectivity index (χ1) is 14.0. The largest absolute Gasteiger partial charge is 0.422 e. The van der Waals surface area contributed by atoms with E-state index < -0.39 is 5.63 Å². The van der Waals surface area contributed by atoms with Gasteiger partial charge >= 0.3 is 5.63 Å². The first-order valence-electron chi connectivity index (χ1n) is 8.67. The second-order valence-corrected chi connectivity index (χ2v) is 7.16. The molecule has 4 aromatic rings. The highest BCUT2D eigenvalue weighted by Crippen LogP contribution is 2.26. The van der Waals surface area contributed by atoms with Crippen LogP contribution in [0.5, 0.6) is 0 Å². The third kappa shape index (κ3) is 3.79. The number of aromatic nitrogens is 1. The van der Waals surface area contributed by atoms with Crippen molar-refractivity contribution in [1.82, 2.24) is 4.98 Å². The Labute approximate surface area is 169 Å². The summed E-state index contributed by atoms with van der Waals surface area (Å²) in [4.78, 5) is 16.7. The quantitative estimate of drug-likeness (QED) is 0.367. The lowest BCUT2D eigenvalue weighted by atomic mass is 10.1. The molecule has 0 unspecified atom stereocenters. The third-order valence-electron chi connectivity index (χ3n) is 4.33. The van der Waals surface area contributed by atoms with E-state index in [0.29, 0.717) is 33.1 Å². The number of nitriles is 1. The number of hydrogen-bond donors (Lipinski definition) is 1. The number of nitrogens with zero attached hydrogens (tertiary/aromatic N) is 2. The predicted molar refractivity (Wildman–Crippen MR) is 112 cm³/mol. The van der Waals surface area contributed by atoms with Gasteiger partial charge < -0.3 is 9.73 Å².